The molecule has 11 heteroatoms. The van der Waals surface area contributed by atoms with Gasteiger partial charge < -0.3 is 16.0 Å². The maximum atomic E-state index is 16.0. The topological polar surface area (TPSA) is 147 Å². The van der Waals surface area contributed by atoms with Gasteiger partial charge in [-0.2, -0.15) is 0 Å². The van der Waals surface area contributed by atoms with Crippen molar-refractivity contribution >= 4 is 28.1 Å². The Kier molecular flexibility index (Phi) is 6.10. The molecule has 0 amide bonds. The number of nitrogen functional groups attached to an aromatic ring is 1. The summed E-state index contributed by atoms with van der Waals surface area (Å²) in [6, 6.07) is 3.52. The van der Waals surface area contributed by atoms with E-state index in [0.717, 1.165) is 24.2 Å². The first-order chi connectivity index (χ1) is 18.9. The Balaban J connectivity index is 1.34. The van der Waals surface area contributed by atoms with E-state index in [1.54, 1.807) is 35.4 Å². The number of anilines is 2. The number of hydrogen-bond donors (Lipinski definition) is 4. The zero-order valence-corrected chi connectivity index (χ0v) is 21.4. The summed E-state index contributed by atoms with van der Waals surface area (Å²) in [5, 5.41) is 12.2. The van der Waals surface area contributed by atoms with Crippen molar-refractivity contribution in [2.45, 2.75) is 32.6 Å². The third-order valence-corrected chi connectivity index (χ3v) is 7.04. The van der Waals surface area contributed by atoms with Gasteiger partial charge in [-0.1, -0.05) is 19.4 Å². The Bertz CT molecular complexity index is 1730. The van der Waals surface area contributed by atoms with Gasteiger partial charge in [0.05, 0.1) is 40.5 Å². The maximum Gasteiger partial charge on any atom is 0.166 e. The van der Waals surface area contributed by atoms with Crippen molar-refractivity contribution in [2.75, 3.05) is 11.1 Å². The lowest BCUT2D eigenvalue weighted by atomic mass is 10.0. The summed E-state index contributed by atoms with van der Waals surface area (Å²) in [4.78, 5) is 24.9. The first-order valence-electron chi connectivity index (χ1n) is 12.7. The number of nitrogens with zero attached hydrogens (tertiary/aromatic N) is 6. The lowest BCUT2D eigenvalue weighted by Crippen LogP contribution is -2.12. The van der Waals surface area contributed by atoms with Gasteiger partial charge in [0.2, 0.25) is 0 Å². The number of H-pyrrole nitrogens is 1. The van der Waals surface area contributed by atoms with Crippen LogP contribution in [0.4, 0.5) is 15.8 Å². The van der Waals surface area contributed by atoms with E-state index in [1.165, 1.54) is 25.2 Å². The van der Waals surface area contributed by atoms with E-state index in [0.29, 0.717) is 34.0 Å². The van der Waals surface area contributed by atoms with Crippen molar-refractivity contribution < 1.29 is 4.39 Å². The molecule has 0 aromatic carbocycles. The molecule has 1 saturated carbocycles. The number of fused-ring (bicyclic) bond motifs is 1. The minimum absolute atomic E-state index is 0.0298. The Morgan fingerprint density at radius 1 is 1.21 bits per heavy atom. The predicted octanol–water partition coefficient (Wildman–Crippen LogP) is 5.16. The number of imidazole rings is 2. The van der Waals surface area contributed by atoms with Gasteiger partial charge in [0.25, 0.3) is 0 Å². The number of aromatic nitrogens is 7. The van der Waals surface area contributed by atoms with Crippen LogP contribution in [0.1, 0.15) is 42.8 Å². The summed E-state index contributed by atoms with van der Waals surface area (Å²) in [6.45, 7) is 6.06. The van der Waals surface area contributed by atoms with Gasteiger partial charge in [-0.15, -0.1) is 0 Å². The predicted molar refractivity (Wildman–Crippen MR) is 148 cm³/mol. The molecular formula is C28H27FN10. The molecule has 0 bridgehead atoms. The van der Waals surface area contributed by atoms with Crippen molar-refractivity contribution in [1.29, 1.82) is 5.41 Å². The van der Waals surface area contributed by atoms with Gasteiger partial charge in [0.1, 0.15) is 23.2 Å². The molecular weight excluding hydrogens is 495 g/mol. The van der Waals surface area contributed by atoms with Crippen molar-refractivity contribution in [3.8, 4) is 17.1 Å². The van der Waals surface area contributed by atoms with Gasteiger partial charge in [-0.05, 0) is 37.8 Å². The monoisotopic (exact) mass is 522 g/mol. The van der Waals surface area contributed by atoms with E-state index in [4.69, 9.17) is 11.1 Å². The number of hydrogen-bond acceptors (Lipinski definition) is 8. The normalized spacial score (nSPS) is 13.7. The molecule has 196 valence electrons. The average Bonchev–Trinajstić information content (AvgIpc) is 3.69. The number of pyridine rings is 3. The smallest absolute Gasteiger partial charge is 0.166 e. The summed E-state index contributed by atoms with van der Waals surface area (Å²) < 4.78 is 17.7. The zero-order valence-electron chi connectivity index (χ0n) is 21.4. The second-order valence-corrected chi connectivity index (χ2v) is 9.76. The number of aryl methyl sites for hydroxylation is 1. The molecule has 0 aliphatic heterocycles. The fraction of sp³-hybridized carbons (Fsp3) is 0.214. The molecule has 0 atom stereocenters. The van der Waals surface area contributed by atoms with Crippen LogP contribution in [0.3, 0.4) is 0 Å². The summed E-state index contributed by atoms with van der Waals surface area (Å²) in [5.41, 5.74) is 10.00. The molecule has 39 heavy (non-hydrogen) atoms. The molecule has 1 aliphatic carbocycles. The Morgan fingerprint density at radius 2 is 2.03 bits per heavy atom. The standard InChI is InChI=1S/C28H27FN10/c1-15-13-39(14-35-15)28-26-21(7-8-33-28)37-27(38-26)24(31)22-20(30)12-34-25(23(22)29)18-9-19(11-32-10-18)36-16(2)17-5-3-4-6-17/h7-14,17,31,36H,2-6,30H2,1H3,(H,37,38). The van der Waals surface area contributed by atoms with Crippen LogP contribution >= 0.6 is 0 Å². The summed E-state index contributed by atoms with van der Waals surface area (Å²) in [5.74, 6) is 0.393. The number of allylic oxidation sites excluding steroid dienone is 1. The molecule has 5 aromatic rings. The molecule has 0 saturated heterocycles. The SMILES string of the molecule is C=C(Nc1cncc(-c2ncc(N)c(C(=N)c3nc4c(-n5cnc(C)c5)nccc4[nH]3)c2F)c1)C1CCCC1. The second kappa shape index (κ2) is 9.75. The van der Waals surface area contributed by atoms with Crippen LogP contribution in [0.2, 0.25) is 0 Å². The Labute approximate surface area is 223 Å². The summed E-state index contributed by atoms with van der Waals surface area (Å²) >= 11 is 0. The summed E-state index contributed by atoms with van der Waals surface area (Å²) in [7, 11) is 0. The van der Waals surface area contributed by atoms with E-state index in [9.17, 15) is 0 Å². The average molecular weight is 523 g/mol. The third-order valence-electron chi connectivity index (χ3n) is 7.04. The van der Waals surface area contributed by atoms with Crippen LogP contribution in [-0.4, -0.2) is 40.2 Å². The molecule has 0 unspecified atom stereocenters. The van der Waals surface area contributed by atoms with Crippen LogP contribution in [0, 0.1) is 24.1 Å². The van der Waals surface area contributed by atoms with Crippen LogP contribution in [-0.2, 0) is 0 Å². The first-order valence-corrected chi connectivity index (χ1v) is 12.7. The van der Waals surface area contributed by atoms with Crippen LogP contribution in [0.15, 0.2) is 61.7 Å². The van der Waals surface area contributed by atoms with Gasteiger partial charge in [0.15, 0.2) is 17.5 Å². The highest BCUT2D eigenvalue weighted by atomic mass is 19.1. The molecule has 10 nitrogen and oxygen atoms in total. The second-order valence-electron chi connectivity index (χ2n) is 9.76. The molecule has 5 heterocycles. The highest BCUT2D eigenvalue weighted by molar-refractivity contribution is 6.13. The summed E-state index contributed by atoms with van der Waals surface area (Å²) in [6.07, 6.45) is 14.3. The Hall–Kier alpha value is -4.93. The number of nitrogens with one attached hydrogen (secondary N) is 3. The highest BCUT2D eigenvalue weighted by Crippen LogP contribution is 2.32. The quantitative estimate of drug-likeness (QED) is 0.216. The zero-order chi connectivity index (χ0) is 27.1. The molecule has 6 rings (SSSR count). The van der Waals surface area contributed by atoms with Crippen LogP contribution < -0.4 is 11.1 Å². The fourth-order valence-electron chi connectivity index (χ4n) is 5.04. The largest absolute Gasteiger partial charge is 0.397 e. The maximum absolute atomic E-state index is 16.0. The Morgan fingerprint density at radius 3 is 2.79 bits per heavy atom. The van der Waals surface area contributed by atoms with E-state index >= 15 is 4.39 Å². The van der Waals surface area contributed by atoms with E-state index in [1.807, 2.05) is 13.1 Å². The molecule has 1 fully saturated rings. The van der Waals surface area contributed by atoms with E-state index < -0.39 is 5.82 Å². The lowest BCUT2D eigenvalue weighted by molar-refractivity contribution is 0.623. The van der Waals surface area contributed by atoms with E-state index in [2.05, 4.69) is 41.8 Å². The van der Waals surface area contributed by atoms with Gasteiger partial charge in [-0.3, -0.25) is 19.9 Å². The van der Waals surface area contributed by atoms with Gasteiger partial charge in [0, 0.05) is 29.9 Å². The van der Waals surface area contributed by atoms with Gasteiger partial charge in [-0.25, -0.2) is 19.3 Å². The van der Waals surface area contributed by atoms with Gasteiger partial charge >= 0.3 is 0 Å². The fourth-order valence-corrected chi connectivity index (χ4v) is 5.04. The minimum Gasteiger partial charge on any atom is -0.397 e. The third kappa shape index (κ3) is 4.52. The molecule has 0 spiro atoms. The van der Waals surface area contributed by atoms with Crippen LogP contribution in [0.25, 0.3) is 28.1 Å². The van der Waals surface area contributed by atoms with Crippen molar-refractivity contribution in [3.63, 3.8) is 0 Å². The van der Waals surface area contributed by atoms with E-state index in [-0.39, 0.29) is 28.5 Å². The number of nitrogens with two attached hydrogens (primary N) is 1. The van der Waals surface area contributed by atoms with Crippen LogP contribution in [0.5, 0.6) is 0 Å². The number of aromatic amines is 1. The molecule has 5 aromatic heterocycles. The minimum atomic E-state index is -0.724. The highest BCUT2D eigenvalue weighted by Gasteiger charge is 2.23. The first kappa shape index (κ1) is 24.4. The molecule has 0 radical (unpaired) electrons. The number of rotatable bonds is 7. The lowest BCUT2D eigenvalue weighted by Gasteiger charge is -2.16. The van der Waals surface area contributed by atoms with Crippen molar-refractivity contribution in [2.24, 2.45) is 5.92 Å². The molecule has 1 aliphatic rings. The van der Waals surface area contributed by atoms with Crippen molar-refractivity contribution in [3.05, 3.63) is 84.6 Å². The molecule has 5 N–H and O–H groups in total. The number of halogens is 1. The van der Waals surface area contributed by atoms with Crippen molar-refractivity contribution in [1.82, 2.24) is 34.5 Å².